The van der Waals surface area contributed by atoms with E-state index in [0.717, 1.165) is 16.8 Å². The van der Waals surface area contributed by atoms with E-state index in [2.05, 4.69) is 5.32 Å². The van der Waals surface area contributed by atoms with Crippen molar-refractivity contribution in [1.82, 2.24) is 0 Å². The Bertz CT molecular complexity index is 723. The molecule has 2 rings (SSSR count). The molecule has 4 heteroatoms. The van der Waals surface area contributed by atoms with E-state index in [9.17, 15) is 9.59 Å². The van der Waals surface area contributed by atoms with Gasteiger partial charge in [-0.05, 0) is 31.0 Å². The molecule has 2 aromatic carbocycles. The molecule has 0 aliphatic carbocycles. The number of benzene rings is 2. The highest BCUT2D eigenvalue weighted by Crippen LogP contribution is 2.23. The fraction of sp³-hybridized carbons (Fsp3) is 0.300. The number of hydrogen-bond donors (Lipinski definition) is 1. The zero-order chi connectivity index (χ0) is 17.7. The van der Waals surface area contributed by atoms with Crippen molar-refractivity contribution in [2.24, 2.45) is 5.92 Å². The van der Waals surface area contributed by atoms with Crippen LogP contribution in [0.15, 0.2) is 48.5 Å². The minimum absolute atomic E-state index is 0.301. The lowest BCUT2D eigenvalue weighted by Crippen LogP contribution is -2.27. The molecule has 4 nitrogen and oxygen atoms in total. The van der Waals surface area contributed by atoms with Crippen molar-refractivity contribution >= 4 is 17.6 Å². The van der Waals surface area contributed by atoms with E-state index in [1.165, 1.54) is 0 Å². The van der Waals surface area contributed by atoms with Gasteiger partial charge in [0.25, 0.3) is 5.91 Å². The molecule has 0 spiro atoms. The van der Waals surface area contributed by atoms with E-state index in [4.69, 9.17) is 4.74 Å². The summed E-state index contributed by atoms with van der Waals surface area (Å²) in [6, 6.07) is 14.9. The molecule has 2 aromatic rings. The molecule has 0 heterocycles. The van der Waals surface area contributed by atoms with Crippen LogP contribution in [0.2, 0.25) is 0 Å². The van der Waals surface area contributed by atoms with Gasteiger partial charge in [0.1, 0.15) is 0 Å². The fourth-order valence-electron chi connectivity index (χ4n) is 2.22. The van der Waals surface area contributed by atoms with Crippen molar-refractivity contribution in [2.75, 3.05) is 5.32 Å². The lowest BCUT2D eigenvalue weighted by molar-refractivity contribution is -0.157. The molecule has 1 N–H and O–H groups in total. The lowest BCUT2D eigenvalue weighted by Gasteiger charge is -2.20. The highest BCUT2D eigenvalue weighted by Gasteiger charge is 2.26. The highest BCUT2D eigenvalue weighted by molar-refractivity contribution is 5.96. The van der Waals surface area contributed by atoms with Crippen LogP contribution in [0.5, 0.6) is 0 Å². The maximum absolute atomic E-state index is 12.7. The van der Waals surface area contributed by atoms with E-state index in [-0.39, 0.29) is 11.8 Å². The van der Waals surface area contributed by atoms with Crippen LogP contribution in [0, 0.1) is 19.8 Å². The van der Waals surface area contributed by atoms with Gasteiger partial charge < -0.3 is 10.1 Å². The SMILES string of the molecule is Cc1ccc(C)c(NC(=O)[C@H](OC(=O)C(C)C)c2ccccc2)c1. The first-order chi connectivity index (χ1) is 11.4. The van der Waals surface area contributed by atoms with Crippen LogP contribution in [0.4, 0.5) is 5.69 Å². The topological polar surface area (TPSA) is 55.4 Å². The second-order valence-corrected chi connectivity index (χ2v) is 6.19. The summed E-state index contributed by atoms with van der Waals surface area (Å²) in [6.45, 7) is 7.37. The van der Waals surface area contributed by atoms with Gasteiger partial charge in [-0.2, -0.15) is 0 Å². The Kier molecular flexibility index (Phi) is 5.74. The Balaban J connectivity index is 2.27. The Morgan fingerprint density at radius 1 is 1.00 bits per heavy atom. The predicted molar refractivity (Wildman–Crippen MR) is 94.7 cm³/mol. The molecule has 0 unspecified atom stereocenters. The summed E-state index contributed by atoms with van der Waals surface area (Å²) >= 11 is 0. The van der Waals surface area contributed by atoms with Gasteiger partial charge in [0.15, 0.2) is 0 Å². The van der Waals surface area contributed by atoms with Crippen LogP contribution in [0.3, 0.4) is 0 Å². The number of esters is 1. The van der Waals surface area contributed by atoms with Gasteiger partial charge in [-0.1, -0.05) is 56.3 Å². The van der Waals surface area contributed by atoms with Gasteiger partial charge in [-0.15, -0.1) is 0 Å². The van der Waals surface area contributed by atoms with Crippen LogP contribution in [0.25, 0.3) is 0 Å². The van der Waals surface area contributed by atoms with Crippen LogP contribution >= 0.6 is 0 Å². The molecule has 126 valence electrons. The molecule has 0 bridgehead atoms. The van der Waals surface area contributed by atoms with Crippen LogP contribution < -0.4 is 5.32 Å². The Labute approximate surface area is 142 Å². The van der Waals surface area contributed by atoms with Gasteiger partial charge in [0.2, 0.25) is 6.10 Å². The maximum atomic E-state index is 12.7. The van der Waals surface area contributed by atoms with Crippen molar-refractivity contribution in [3.8, 4) is 0 Å². The second-order valence-electron chi connectivity index (χ2n) is 6.19. The third kappa shape index (κ3) is 4.44. The van der Waals surface area contributed by atoms with Gasteiger partial charge in [-0.3, -0.25) is 9.59 Å². The van der Waals surface area contributed by atoms with Crippen LogP contribution in [0.1, 0.15) is 36.6 Å². The number of rotatable bonds is 5. The average Bonchev–Trinajstić information content (AvgIpc) is 2.56. The summed E-state index contributed by atoms with van der Waals surface area (Å²) in [5.74, 6) is -1.06. The monoisotopic (exact) mass is 325 g/mol. The number of carbonyl (C=O) groups is 2. The first-order valence-corrected chi connectivity index (χ1v) is 8.02. The first-order valence-electron chi connectivity index (χ1n) is 8.02. The molecule has 0 saturated carbocycles. The van der Waals surface area contributed by atoms with Crippen molar-refractivity contribution in [3.05, 3.63) is 65.2 Å². The van der Waals surface area contributed by atoms with E-state index < -0.39 is 12.1 Å². The van der Waals surface area contributed by atoms with Gasteiger partial charge in [-0.25, -0.2) is 0 Å². The zero-order valence-electron chi connectivity index (χ0n) is 14.5. The summed E-state index contributed by atoms with van der Waals surface area (Å²) in [5.41, 5.74) is 3.37. The van der Waals surface area contributed by atoms with E-state index >= 15 is 0 Å². The molecule has 0 aliphatic rings. The number of ether oxygens (including phenoxy) is 1. The maximum Gasteiger partial charge on any atom is 0.309 e. The normalized spacial score (nSPS) is 11.9. The smallest absolute Gasteiger partial charge is 0.309 e. The molecule has 24 heavy (non-hydrogen) atoms. The average molecular weight is 325 g/mol. The number of nitrogens with one attached hydrogen (secondary N) is 1. The van der Waals surface area contributed by atoms with Gasteiger partial charge in [0, 0.05) is 11.3 Å². The molecule has 0 fully saturated rings. The highest BCUT2D eigenvalue weighted by atomic mass is 16.5. The standard InChI is InChI=1S/C20H23NO3/c1-13(2)20(23)24-18(16-8-6-5-7-9-16)19(22)21-17-12-14(3)10-11-15(17)4/h5-13,18H,1-4H3,(H,21,22)/t18-/m1/s1. The molecule has 1 atom stereocenters. The van der Waals surface area contributed by atoms with Crippen LogP contribution in [-0.4, -0.2) is 11.9 Å². The molecule has 0 radical (unpaired) electrons. The minimum Gasteiger partial charge on any atom is -0.447 e. The van der Waals surface area contributed by atoms with Crippen molar-refractivity contribution in [3.63, 3.8) is 0 Å². The summed E-state index contributed by atoms with van der Waals surface area (Å²) in [6.07, 6.45) is -0.971. The molecular formula is C20H23NO3. The first kappa shape index (κ1) is 17.7. The Hall–Kier alpha value is -2.62. The van der Waals surface area contributed by atoms with Crippen LogP contribution in [-0.2, 0) is 14.3 Å². The van der Waals surface area contributed by atoms with Gasteiger partial charge >= 0.3 is 5.97 Å². The quantitative estimate of drug-likeness (QED) is 0.839. The summed E-state index contributed by atoms with van der Waals surface area (Å²) in [4.78, 5) is 24.7. The number of aryl methyl sites for hydroxylation is 2. The van der Waals surface area contributed by atoms with Gasteiger partial charge in [0.05, 0.1) is 5.92 Å². The summed E-state index contributed by atoms with van der Waals surface area (Å²) in [5, 5.41) is 2.88. The summed E-state index contributed by atoms with van der Waals surface area (Å²) in [7, 11) is 0. The van der Waals surface area contributed by atoms with Crippen molar-refractivity contribution in [2.45, 2.75) is 33.8 Å². The molecule has 0 aromatic heterocycles. The minimum atomic E-state index is -0.971. The van der Waals surface area contributed by atoms with E-state index in [0.29, 0.717) is 5.56 Å². The Morgan fingerprint density at radius 3 is 2.29 bits per heavy atom. The number of anilines is 1. The number of amides is 1. The number of hydrogen-bond acceptors (Lipinski definition) is 3. The van der Waals surface area contributed by atoms with E-state index in [1.54, 1.807) is 26.0 Å². The van der Waals surface area contributed by atoms with Crippen molar-refractivity contribution < 1.29 is 14.3 Å². The molecule has 0 saturated heterocycles. The lowest BCUT2D eigenvalue weighted by atomic mass is 10.1. The van der Waals surface area contributed by atoms with E-state index in [1.807, 2.05) is 50.2 Å². The fourth-order valence-corrected chi connectivity index (χ4v) is 2.22. The third-order valence-electron chi connectivity index (χ3n) is 3.70. The molecule has 1 amide bonds. The summed E-state index contributed by atoms with van der Waals surface area (Å²) < 4.78 is 5.45. The number of carbonyl (C=O) groups excluding carboxylic acids is 2. The molecular weight excluding hydrogens is 302 g/mol. The largest absolute Gasteiger partial charge is 0.447 e. The second kappa shape index (κ2) is 7.77. The Morgan fingerprint density at radius 2 is 1.67 bits per heavy atom. The van der Waals surface area contributed by atoms with Crippen molar-refractivity contribution in [1.29, 1.82) is 0 Å². The zero-order valence-corrected chi connectivity index (χ0v) is 14.5. The molecule has 0 aliphatic heterocycles. The predicted octanol–water partition coefficient (Wildman–Crippen LogP) is 4.18. The third-order valence-corrected chi connectivity index (χ3v) is 3.70.